The third-order valence-electron chi connectivity index (χ3n) is 7.88. The summed E-state index contributed by atoms with van der Waals surface area (Å²) in [7, 11) is 3.34. The highest BCUT2D eigenvalue weighted by Gasteiger charge is 2.14. The molecule has 5 aromatic carbocycles. The topological polar surface area (TPSA) is 74.2 Å². The molecule has 0 bridgehead atoms. The van der Waals surface area contributed by atoms with Crippen molar-refractivity contribution in [3.05, 3.63) is 138 Å². The molecule has 0 heterocycles. The molecule has 0 spiro atoms. The molecule has 5 aromatic rings. The Morgan fingerprint density at radius 3 is 1.41 bits per heavy atom. The van der Waals surface area contributed by atoms with Gasteiger partial charge in [-0.05, 0) is 106 Å². The molecule has 0 aliphatic rings. The average molecular weight is 615 g/mol. The highest BCUT2D eigenvalue weighted by Crippen LogP contribution is 2.33. The summed E-state index contributed by atoms with van der Waals surface area (Å²) in [6.07, 6.45) is 0.786. The minimum Gasteiger partial charge on any atom is -0.497 e. The Morgan fingerprint density at radius 2 is 1.02 bits per heavy atom. The normalized spacial score (nSPS) is 10.6. The molecule has 0 aliphatic carbocycles. The van der Waals surface area contributed by atoms with Gasteiger partial charge in [-0.25, -0.2) is 4.79 Å². The van der Waals surface area contributed by atoms with Crippen LogP contribution in [-0.2, 0) is 4.79 Å². The van der Waals surface area contributed by atoms with Gasteiger partial charge in [0, 0.05) is 0 Å². The number of carboxylic acid groups (broad SMARTS) is 1. The summed E-state index contributed by atoms with van der Waals surface area (Å²) >= 11 is 0. The second-order valence-corrected chi connectivity index (χ2v) is 10.8. The van der Waals surface area contributed by atoms with Crippen molar-refractivity contribution in [2.24, 2.45) is 0 Å². The third-order valence-corrected chi connectivity index (χ3v) is 7.88. The predicted octanol–water partition coefficient (Wildman–Crippen LogP) is 9.10. The lowest BCUT2D eigenvalue weighted by Gasteiger charge is -2.18. The van der Waals surface area contributed by atoms with Gasteiger partial charge in [0.15, 0.2) is 6.61 Å². The molecule has 234 valence electrons. The van der Waals surface area contributed by atoms with Crippen LogP contribution in [0.15, 0.2) is 121 Å². The fourth-order valence-electron chi connectivity index (χ4n) is 5.34. The number of hydrogen-bond acceptors (Lipinski definition) is 5. The third kappa shape index (κ3) is 7.77. The number of aliphatic carboxylic acids is 1. The number of rotatable bonds is 13. The molecule has 6 nitrogen and oxygen atoms in total. The first-order valence-electron chi connectivity index (χ1n) is 15.2. The summed E-state index contributed by atoms with van der Waals surface area (Å²) in [6, 6.07) is 38.8. The molecule has 0 saturated heterocycles. The largest absolute Gasteiger partial charge is 0.497 e. The van der Waals surface area contributed by atoms with Gasteiger partial charge >= 0.3 is 5.97 Å². The van der Waals surface area contributed by atoms with E-state index >= 15 is 0 Å². The molecular formula is C40H38O6. The van der Waals surface area contributed by atoms with E-state index in [1.54, 1.807) is 20.3 Å². The van der Waals surface area contributed by atoms with Gasteiger partial charge in [0.2, 0.25) is 0 Å². The van der Waals surface area contributed by atoms with Crippen molar-refractivity contribution in [2.45, 2.75) is 20.3 Å². The number of aryl methyl sites for hydroxylation is 1. The zero-order valence-corrected chi connectivity index (χ0v) is 26.6. The lowest BCUT2D eigenvalue weighted by molar-refractivity contribution is -0.139. The maximum Gasteiger partial charge on any atom is 0.341 e. The summed E-state index contributed by atoms with van der Waals surface area (Å²) in [4.78, 5) is 10.9. The Bertz CT molecular complexity index is 1690. The summed E-state index contributed by atoms with van der Waals surface area (Å²) in [5.41, 5.74) is 9.77. The van der Waals surface area contributed by atoms with Crippen molar-refractivity contribution in [3.8, 4) is 45.3 Å². The maximum atomic E-state index is 10.9. The number of benzene rings is 5. The Balaban J connectivity index is 1.47. The minimum absolute atomic E-state index is 0.387. The quantitative estimate of drug-likeness (QED) is 0.143. The van der Waals surface area contributed by atoms with Gasteiger partial charge in [0.1, 0.15) is 29.6 Å². The second-order valence-electron chi connectivity index (χ2n) is 10.8. The van der Waals surface area contributed by atoms with Crippen LogP contribution in [0.5, 0.6) is 23.0 Å². The number of hydrogen-bond donors (Lipinski definition) is 1. The van der Waals surface area contributed by atoms with Gasteiger partial charge in [-0.3, -0.25) is 0 Å². The molecule has 0 aliphatic heterocycles. The Kier molecular flexibility index (Phi) is 10.4. The van der Waals surface area contributed by atoms with Crippen LogP contribution in [0.3, 0.4) is 0 Å². The van der Waals surface area contributed by atoms with Crippen molar-refractivity contribution in [1.29, 1.82) is 0 Å². The molecule has 5 rings (SSSR count). The van der Waals surface area contributed by atoms with Crippen LogP contribution in [0.4, 0.5) is 0 Å². The highest BCUT2D eigenvalue weighted by molar-refractivity contribution is 5.84. The van der Waals surface area contributed by atoms with Crippen LogP contribution in [0.25, 0.3) is 27.8 Å². The fraction of sp³-hybridized carbons (Fsp3) is 0.175. The van der Waals surface area contributed by atoms with Crippen LogP contribution in [0.2, 0.25) is 0 Å². The average Bonchev–Trinajstić information content (AvgIpc) is 3.10. The smallest absolute Gasteiger partial charge is 0.341 e. The summed E-state index contributed by atoms with van der Waals surface area (Å²) in [6.45, 7) is 4.02. The van der Waals surface area contributed by atoms with Crippen LogP contribution in [0.1, 0.15) is 30.0 Å². The first-order chi connectivity index (χ1) is 22.4. The molecule has 1 N–H and O–H groups in total. The van der Waals surface area contributed by atoms with E-state index in [-0.39, 0.29) is 6.61 Å². The number of carboxylic acids is 1. The van der Waals surface area contributed by atoms with Gasteiger partial charge < -0.3 is 24.1 Å². The monoisotopic (exact) mass is 614 g/mol. The van der Waals surface area contributed by atoms with Gasteiger partial charge in [-0.15, -0.1) is 0 Å². The van der Waals surface area contributed by atoms with E-state index in [4.69, 9.17) is 24.1 Å². The molecule has 46 heavy (non-hydrogen) atoms. The van der Waals surface area contributed by atoms with Crippen LogP contribution in [-0.4, -0.2) is 38.5 Å². The zero-order valence-electron chi connectivity index (χ0n) is 26.6. The molecule has 0 saturated carbocycles. The van der Waals surface area contributed by atoms with Crippen LogP contribution in [0, 0.1) is 6.92 Å². The van der Waals surface area contributed by atoms with E-state index in [9.17, 15) is 4.79 Å². The zero-order chi connectivity index (χ0) is 32.5. The van der Waals surface area contributed by atoms with Crippen LogP contribution >= 0.6 is 0 Å². The van der Waals surface area contributed by atoms with E-state index in [2.05, 4.69) is 79.7 Å². The minimum atomic E-state index is -1.01. The molecule has 0 atom stereocenters. The number of ether oxygens (including phenoxy) is 4. The summed E-state index contributed by atoms with van der Waals surface area (Å²) < 4.78 is 22.4. The Morgan fingerprint density at radius 1 is 0.587 bits per heavy atom. The first kappa shape index (κ1) is 31.9. The molecule has 0 aromatic heterocycles. The van der Waals surface area contributed by atoms with Gasteiger partial charge in [0.05, 0.1) is 14.2 Å². The van der Waals surface area contributed by atoms with Gasteiger partial charge in [-0.1, -0.05) is 79.7 Å². The van der Waals surface area contributed by atoms with Gasteiger partial charge in [0.25, 0.3) is 0 Å². The number of methoxy groups -OCH3 is 2. The second kappa shape index (κ2) is 15.0. The van der Waals surface area contributed by atoms with Crippen molar-refractivity contribution in [2.75, 3.05) is 27.4 Å². The first-order valence-corrected chi connectivity index (χ1v) is 15.2. The van der Waals surface area contributed by atoms with Crippen molar-refractivity contribution >= 4 is 11.5 Å². The van der Waals surface area contributed by atoms with Crippen molar-refractivity contribution in [1.82, 2.24) is 0 Å². The Hall–Kier alpha value is -5.49. The van der Waals surface area contributed by atoms with Gasteiger partial charge in [-0.2, -0.15) is 0 Å². The van der Waals surface area contributed by atoms with E-state index in [1.165, 1.54) is 0 Å². The molecule has 6 heteroatoms. The maximum absolute atomic E-state index is 10.9. The molecule has 0 fully saturated rings. The summed E-state index contributed by atoms with van der Waals surface area (Å²) in [5.74, 6) is 1.85. The van der Waals surface area contributed by atoms with Crippen LogP contribution < -0.4 is 18.9 Å². The molecular weight excluding hydrogens is 576 g/mol. The molecule has 0 amide bonds. The molecule has 0 unspecified atom stereocenters. The number of carbonyl (C=O) groups is 1. The fourth-order valence-corrected chi connectivity index (χ4v) is 5.34. The Labute approximate surface area is 270 Å². The van der Waals surface area contributed by atoms with E-state index in [0.29, 0.717) is 18.1 Å². The standard InChI is InChI=1S/C40H38O6/c1-5-28(25-45-37-22-23-38(27(2)24-37)46-26-39(41)42)40(33-10-6-29(7-11-33)31-14-18-35(43-3)19-15-31)34-12-8-30(9-13-34)32-16-20-36(44-4)21-17-32/h6-24H,5,25-26H2,1-4H3,(H,41,42). The highest BCUT2D eigenvalue weighted by atomic mass is 16.5. The lowest BCUT2D eigenvalue weighted by Crippen LogP contribution is -2.10. The van der Waals surface area contributed by atoms with E-state index < -0.39 is 5.97 Å². The SMILES string of the molecule is CCC(COc1ccc(OCC(=O)O)c(C)c1)=C(c1ccc(-c2ccc(OC)cc2)cc1)c1ccc(-c2ccc(OC)cc2)cc1. The van der Waals surface area contributed by atoms with E-state index in [0.717, 1.165) is 68.0 Å². The predicted molar refractivity (Wildman–Crippen MR) is 183 cm³/mol. The van der Waals surface area contributed by atoms with Crippen molar-refractivity contribution in [3.63, 3.8) is 0 Å². The van der Waals surface area contributed by atoms with E-state index in [1.807, 2.05) is 43.3 Å². The van der Waals surface area contributed by atoms with Crippen molar-refractivity contribution < 1.29 is 28.8 Å². The lowest BCUT2D eigenvalue weighted by atomic mass is 9.90. The molecule has 0 radical (unpaired) electrons. The summed E-state index contributed by atoms with van der Waals surface area (Å²) in [5, 5.41) is 8.95.